The molecule has 0 aromatic rings. The molecule has 0 spiro atoms. The molecular weight excluding hydrogens is 348 g/mol. The second-order valence-corrected chi connectivity index (χ2v) is 8.62. The van der Waals surface area contributed by atoms with Crippen LogP contribution in [-0.2, 0) is 9.53 Å². The van der Waals surface area contributed by atoms with E-state index in [1.54, 1.807) is 0 Å². The molecule has 3 atom stereocenters. The van der Waals surface area contributed by atoms with Crippen LogP contribution in [0.25, 0.3) is 0 Å². The monoisotopic (exact) mass is 392 g/mol. The first-order valence-electron chi connectivity index (χ1n) is 12.0. The summed E-state index contributed by atoms with van der Waals surface area (Å²) in [5.74, 6) is 2.12. The standard InChI is InChI=1S/C25H44O3/c1-3-5-6-7-8-9-10-11-12-13-14-15-16-17-18-20-22(26)21-24-23(19-4-2)25(27)28-24/h2,22-24,26H,3,5-21H2,1H3/t22?,23-,24-/m1/s1. The van der Waals surface area contributed by atoms with Gasteiger partial charge in [0.15, 0.2) is 0 Å². The van der Waals surface area contributed by atoms with Crippen LogP contribution in [0.4, 0.5) is 0 Å². The molecule has 0 amide bonds. The van der Waals surface area contributed by atoms with Crippen molar-refractivity contribution in [3.8, 4) is 12.3 Å². The number of unbranched alkanes of at least 4 members (excludes halogenated alkanes) is 14. The van der Waals surface area contributed by atoms with Gasteiger partial charge in [-0.15, -0.1) is 12.3 Å². The van der Waals surface area contributed by atoms with Gasteiger partial charge in [-0.3, -0.25) is 4.79 Å². The highest BCUT2D eigenvalue weighted by atomic mass is 16.6. The van der Waals surface area contributed by atoms with Crippen molar-refractivity contribution in [2.24, 2.45) is 5.92 Å². The zero-order valence-electron chi connectivity index (χ0n) is 18.3. The summed E-state index contributed by atoms with van der Waals surface area (Å²) in [7, 11) is 0. The number of aliphatic hydroxyl groups is 1. The zero-order chi connectivity index (χ0) is 20.5. The van der Waals surface area contributed by atoms with Crippen molar-refractivity contribution in [3.05, 3.63) is 0 Å². The molecule has 1 aliphatic heterocycles. The van der Waals surface area contributed by atoms with E-state index in [9.17, 15) is 9.90 Å². The Morgan fingerprint density at radius 3 is 1.79 bits per heavy atom. The summed E-state index contributed by atoms with van der Waals surface area (Å²) in [5.41, 5.74) is 0. The molecule has 0 aliphatic carbocycles. The third-order valence-electron chi connectivity index (χ3n) is 6.00. The van der Waals surface area contributed by atoms with Gasteiger partial charge < -0.3 is 9.84 Å². The van der Waals surface area contributed by atoms with Crippen molar-refractivity contribution in [2.75, 3.05) is 0 Å². The van der Waals surface area contributed by atoms with E-state index in [4.69, 9.17) is 11.2 Å². The van der Waals surface area contributed by atoms with Crippen molar-refractivity contribution >= 4 is 5.97 Å². The maximum Gasteiger partial charge on any atom is 0.313 e. The van der Waals surface area contributed by atoms with Crippen molar-refractivity contribution in [1.29, 1.82) is 0 Å². The molecule has 0 aromatic heterocycles. The number of esters is 1. The van der Waals surface area contributed by atoms with Crippen LogP contribution >= 0.6 is 0 Å². The molecule has 1 N–H and O–H groups in total. The summed E-state index contributed by atoms with van der Waals surface area (Å²) in [6, 6.07) is 0. The molecule has 0 bridgehead atoms. The topological polar surface area (TPSA) is 46.5 Å². The minimum absolute atomic E-state index is 0.171. The predicted octanol–water partition coefficient (Wildman–Crippen LogP) is 6.56. The van der Waals surface area contributed by atoms with E-state index in [1.165, 1.54) is 89.9 Å². The van der Waals surface area contributed by atoms with Gasteiger partial charge in [0.05, 0.1) is 6.10 Å². The fourth-order valence-corrected chi connectivity index (χ4v) is 4.09. The average Bonchev–Trinajstić information content (AvgIpc) is 2.68. The average molecular weight is 393 g/mol. The van der Waals surface area contributed by atoms with Gasteiger partial charge in [-0.25, -0.2) is 0 Å². The van der Waals surface area contributed by atoms with Crippen molar-refractivity contribution < 1.29 is 14.6 Å². The molecule has 1 fully saturated rings. The lowest BCUT2D eigenvalue weighted by Crippen LogP contribution is -2.46. The van der Waals surface area contributed by atoms with E-state index < -0.39 is 0 Å². The van der Waals surface area contributed by atoms with Gasteiger partial charge in [0.25, 0.3) is 0 Å². The molecule has 162 valence electrons. The molecule has 3 heteroatoms. The van der Waals surface area contributed by atoms with Crippen LogP contribution in [0.1, 0.15) is 122 Å². The zero-order valence-corrected chi connectivity index (χ0v) is 18.3. The molecular formula is C25H44O3. The van der Waals surface area contributed by atoms with Gasteiger partial charge in [-0.1, -0.05) is 103 Å². The second-order valence-electron chi connectivity index (χ2n) is 8.62. The summed E-state index contributed by atoms with van der Waals surface area (Å²) in [5, 5.41) is 10.1. The molecule has 0 radical (unpaired) electrons. The quantitative estimate of drug-likeness (QED) is 0.154. The first-order chi connectivity index (χ1) is 13.7. The van der Waals surface area contributed by atoms with Crippen LogP contribution in [0, 0.1) is 18.3 Å². The number of hydrogen-bond acceptors (Lipinski definition) is 3. The minimum Gasteiger partial charge on any atom is -0.461 e. The molecule has 1 unspecified atom stereocenters. The SMILES string of the molecule is C#CC[C@H]1C(=O)O[C@@H]1CC(O)CCCCCCCCCCCCCCCCC. The fourth-order valence-electron chi connectivity index (χ4n) is 4.09. The Bertz CT molecular complexity index is 426. The van der Waals surface area contributed by atoms with Crippen LogP contribution in [-0.4, -0.2) is 23.3 Å². The van der Waals surface area contributed by atoms with Crippen LogP contribution in [0.15, 0.2) is 0 Å². The molecule has 1 heterocycles. The Morgan fingerprint density at radius 2 is 1.36 bits per heavy atom. The van der Waals surface area contributed by atoms with Gasteiger partial charge in [0, 0.05) is 12.8 Å². The molecule has 1 rings (SSSR count). The van der Waals surface area contributed by atoms with Crippen molar-refractivity contribution in [1.82, 2.24) is 0 Å². The Morgan fingerprint density at radius 1 is 0.893 bits per heavy atom. The molecule has 1 aliphatic rings. The number of aliphatic hydroxyl groups excluding tert-OH is 1. The Hall–Kier alpha value is -1.01. The van der Waals surface area contributed by atoms with E-state index in [0.717, 1.165) is 12.8 Å². The van der Waals surface area contributed by atoms with Gasteiger partial charge in [0.1, 0.15) is 12.0 Å². The van der Waals surface area contributed by atoms with Gasteiger partial charge in [0.2, 0.25) is 0 Å². The number of cyclic esters (lactones) is 1. The first kappa shape index (κ1) is 25.0. The number of terminal acetylenes is 1. The highest BCUT2D eigenvalue weighted by molar-refractivity contribution is 5.78. The fraction of sp³-hybridized carbons (Fsp3) is 0.880. The van der Waals surface area contributed by atoms with E-state index >= 15 is 0 Å². The van der Waals surface area contributed by atoms with Crippen molar-refractivity contribution in [3.63, 3.8) is 0 Å². The first-order valence-corrected chi connectivity index (χ1v) is 12.0. The van der Waals surface area contributed by atoms with E-state index in [-0.39, 0.29) is 24.1 Å². The van der Waals surface area contributed by atoms with Crippen LogP contribution < -0.4 is 0 Å². The molecule has 3 nitrogen and oxygen atoms in total. The maximum atomic E-state index is 11.3. The summed E-state index contributed by atoms with van der Waals surface area (Å²) in [6.45, 7) is 2.27. The van der Waals surface area contributed by atoms with Gasteiger partial charge in [-0.05, 0) is 6.42 Å². The number of carbonyl (C=O) groups excluding carboxylic acids is 1. The predicted molar refractivity (Wildman–Crippen MR) is 117 cm³/mol. The van der Waals surface area contributed by atoms with E-state index in [1.807, 2.05) is 0 Å². The number of carbonyl (C=O) groups is 1. The second kappa shape index (κ2) is 16.9. The lowest BCUT2D eigenvalue weighted by Gasteiger charge is -2.35. The van der Waals surface area contributed by atoms with Crippen LogP contribution in [0.5, 0.6) is 0 Å². The minimum atomic E-state index is -0.375. The highest BCUT2D eigenvalue weighted by Gasteiger charge is 2.42. The number of hydrogen-bond donors (Lipinski definition) is 1. The van der Waals surface area contributed by atoms with E-state index in [0.29, 0.717) is 12.8 Å². The van der Waals surface area contributed by atoms with Gasteiger partial charge >= 0.3 is 5.97 Å². The Kier molecular flexibility index (Phi) is 15.1. The molecule has 0 saturated carbocycles. The lowest BCUT2D eigenvalue weighted by molar-refractivity contribution is -0.187. The van der Waals surface area contributed by atoms with Gasteiger partial charge in [-0.2, -0.15) is 0 Å². The number of ether oxygens (including phenoxy) is 1. The molecule has 28 heavy (non-hydrogen) atoms. The largest absolute Gasteiger partial charge is 0.461 e. The van der Waals surface area contributed by atoms with E-state index in [2.05, 4.69) is 12.8 Å². The summed E-state index contributed by atoms with van der Waals surface area (Å²) in [4.78, 5) is 11.3. The number of rotatable bonds is 19. The maximum absolute atomic E-state index is 11.3. The molecule has 0 aromatic carbocycles. The van der Waals surface area contributed by atoms with Crippen LogP contribution in [0.2, 0.25) is 0 Å². The Labute approximate surface area is 174 Å². The lowest BCUT2D eigenvalue weighted by atomic mass is 9.88. The van der Waals surface area contributed by atoms with Crippen molar-refractivity contribution in [2.45, 2.75) is 135 Å². The summed E-state index contributed by atoms with van der Waals surface area (Å²) >= 11 is 0. The Balaban J connectivity index is 1.80. The summed E-state index contributed by atoms with van der Waals surface area (Å²) in [6.07, 6.45) is 26.7. The highest BCUT2D eigenvalue weighted by Crippen LogP contribution is 2.29. The third kappa shape index (κ3) is 11.7. The third-order valence-corrected chi connectivity index (χ3v) is 6.00. The summed E-state index contributed by atoms with van der Waals surface area (Å²) < 4.78 is 5.11. The normalized spacial score (nSPS) is 19.7. The van der Waals surface area contributed by atoms with Crippen LogP contribution in [0.3, 0.4) is 0 Å². The smallest absolute Gasteiger partial charge is 0.313 e. The molecule has 1 saturated heterocycles.